The van der Waals surface area contributed by atoms with Gasteiger partial charge in [-0.25, -0.2) is 10.2 Å². The third-order valence-corrected chi connectivity index (χ3v) is 4.71. The number of methoxy groups -OCH3 is 1. The Morgan fingerprint density at radius 1 is 0.939 bits per heavy atom. The molecule has 0 aliphatic carbocycles. The van der Waals surface area contributed by atoms with Crippen LogP contribution in [-0.4, -0.2) is 31.8 Å². The largest absolute Gasteiger partial charge is 0.497 e. The van der Waals surface area contributed by atoms with Gasteiger partial charge in [-0.15, -0.1) is 0 Å². The average molecular weight is 447 g/mol. The zero-order valence-corrected chi connectivity index (χ0v) is 18.8. The number of ether oxygens (including phenoxy) is 3. The van der Waals surface area contributed by atoms with Crippen molar-refractivity contribution in [2.75, 3.05) is 13.7 Å². The van der Waals surface area contributed by atoms with Gasteiger partial charge < -0.3 is 14.2 Å². The van der Waals surface area contributed by atoms with Crippen molar-refractivity contribution in [3.05, 3.63) is 89.5 Å². The first-order chi connectivity index (χ1) is 15.9. The zero-order valence-electron chi connectivity index (χ0n) is 18.8. The van der Waals surface area contributed by atoms with Gasteiger partial charge in [0, 0.05) is 0 Å². The minimum Gasteiger partial charge on any atom is -0.497 e. The molecule has 33 heavy (non-hydrogen) atoms. The van der Waals surface area contributed by atoms with Gasteiger partial charge in [0.15, 0.2) is 6.61 Å². The van der Waals surface area contributed by atoms with Crippen LogP contribution in [-0.2, 0) is 4.79 Å². The standard InChI is InChI=1S/C26H26N2O5/c1-18(2)20-7-13-23(14-8-20)32-17-25(29)28-27-16-19-5-4-6-24(15-19)33-26(30)21-9-11-22(31-3)12-10-21/h4-16,18H,17H2,1-3H3,(H,28,29)/b27-16-. The summed E-state index contributed by atoms with van der Waals surface area (Å²) in [5.41, 5.74) is 4.67. The Morgan fingerprint density at radius 2 is 1.64 bits per heavy atom. The van der Waals surface area contributed by atoms with Crippen molar-refractivity contribution in [3.8, 4) is 17.2 Å². The Bertz CT molecular complexity index is 1110. The molecule has 0 atom stereocenters. The highest BCUT2D eigenvalue weighted by atomic mass is 16.5. The van der Waals surface area contributed by atoms with Crippen molar-refractivity contribution in [2.45, 2.75) is 19.8 Å². The summed E-state index contributed by atoms with van der Waals surface area (Å²) in [5, 5.41) is 3.93. The van der Waals surface area contributed by atoms with Crippen LogP contribution in [0.4, 0.5) is 0 Å². The van der Waals surface area contributed by atoms with E-state index < -0.39 is 5.97 Å². The first kappa shape index (κ1) is 23.5. The van der Waals surface area contributed by atoms with Gasteiger partial charge >= 0.3 is 5.97 Å². The summed E-state index contributed by atoms with van der Waals surface area (Å²) in [6, 6.07) is 21.1. The SMILES string of the molecule is COc1ccc(C(=O)Oc2cccc(/C=N\NC(=O)COc3ccc(C(C)C)cc3)c2)cc1. The van der Waals surface area contributed by atoms with E-state index in [0.717, 1.165) is 0 Å². The number of hydrogen-bond acceptors (Lipinski definition) is 6. The van der Waals surface area contributed by atoms with Gasteiger partial charge in [0.05, 0.1) is 18.9 Å². The zero-order chi connectivity index (χ0) is 23.6. The van der Waals surface area contributed by atoms with Crippen LogP contribution in [0.1, 0.15) is 41.3 Å². The molecule has 0 aliphatic heterocycles. The summed E-state index contributed by atoms with van der Waals surface area (Å²) in [6.07, 6.45) is 1.46. The van der Waals surface area contributed by atoms with E-state index in [1.807, 2.05) is 24.3 Å². The van der Waals surface area contributed by atoms with Crippen LogP contribution in [0.3, 0.4) is 0 Å². The molecule has 0 heterocycles. The van der Waals surface area contributed by atoms with Crippen LogP contribution in [0.5, 0.6) is 17.2 Å². The number of carbonyl (C=O) groups is 2. The normalized spacial score (nSPS) is 10.8. The first-order valence-electron chi connectivity index (χ1n) is 10.5. The fraction of sp³-hybridized carbons (Fsp3) is 0.192. The summed E-state index contributed by atoms with van der Waals surface area (Å²) >= 11 is 0. The molecule has 0 radical (unpaired) electrons. The number of hydrazone groups is 1. The predicted octanol–water partition coefficient (Wildman–Crippen LogP) is 4.57. The molecule has 0 saturated carbocycles. The van der Waals surface area contributed by atoms with Crippen molar-refractivity contribution < 1.29 is 23.8 Å². The van der Waals surface area contributed by atoms with E-state index in [9.17, 15) is 9.59 Å². The van der Waals surface area contributed by atoms with Crippen LogP contribution in [0, 0.1) is 0 Å². The number of nitrogens with zero attached hydrogens (tertiary/aromatic N) is 1. The lowest BCUT2D eigenvalue weighted by Crippen LogP contribution is -2.24. The van der Waals surface area contributed by atoms with Crippen LogP contribution >= 0.6 is 0 Å². The lowest BCUT2D eigenvalue weighted by atomic mass is 10.0. The number of nitrogens with one attached hydrogen (secondary N) is 1. The molecule has 0 fully saturated rings. The van der Waals surface area contributed by atoms with Crippen molar-refractivity contribution in [2.24, 2.45) is 5.10 Å². The molecule has 3 aromatic carbocycles. The topological polar surface area (TPSA) is 86.2 Å². The first-order valence-corrected chi connectivity index (χ1v) is 10.5. The van der Waals surface area contributed by atoms with E-state index in [4.69, 9.17) is 14.2 Å². The fourth-order valence-electron chi connectivity index (χ4n) is 2.86. The maximum atomic E-state index is 12.3. The Hall–Kier alpha value is -4.13. The number of esters is 1. The second kappa shape index (κ2) is 11.5. The van der Waals surface area contributed by atoms with Gasteiger partial charge in [0.2, 0.25) is 0 Å². The molecule has 0 unspecified atom stereocenters. The molecule has 0 bridgehead atoms. The summed E-state index contributed by atoms with van der Waals surface area (Å²) in [4.78, 5) is 24.3. The number of benzene rings is 3. The molecule has 7 heteroatoms. The molecule has 170 valence electrons. The van der Waals surface area contributed by atoms with Crippen LogP contribution < -0.4 is 19.6 Å². The van der Waals surface area contributed by atoms with Crippen molar-refractivity contribution in [1.29, 1.82) is 0 Å². The molecule has 0 saturated heterocycles. The highest BCUT2D eigenvalue weighted by Crippen LogP contribution is 2.19. The van der Waals surface area contributed by atoms with Gasteiger partial charge in [-0.05, 0) is 65.6 Å². The monoisotopic (exact) mass is 446 g/mol. The van der Waals surface area contributed by atoms with Crippen LogP contribution in [0.25, 0.3) is 0 Å². The Kier molecular flexibility index (Phi) is 8.18. The van der Waals surface area contributed by atoms with E-state index in [-0.39, 0.29) is 12.5 Å². The van der Waals surface area contributed by atoms with Crippen molar-refractivity contribution >= 4 is 18.1 Å². The summed E-state index contributed by atoms with van der Waals surface area (Å²) in [5.74, 6) is 1.19. The molecule has 7 nitrogen and oxygen atoms in total. The minimum absolute atomic E-state index is 0.155. The molecule has 0 spiro atoms. The minimum atomic E-state index is -0.487. The second-order valence-electron chi connectivity index (χ2n) is 7.50. The van der Waals surface area contributed by atoms with Crippen molar-refractivity contribution in [3.63, 3.8) is 0 Å². The van der Waals surface area contributed by atoms with Gasteiger partial charge in [0.1, 0.15) is 17.2 Å². The number of carbonyl (C=O) groups excluding carboxylic acids is 2. The van der Waals surface area contributed by atoms with Crippen LogP contribution in [0.15, 0.2) is 77.9 Å². The van der Waals surface area contributed by atoms with E-state index in [0.29, 0.717) is 34.3 Å². The second-order valence-corrected chi connectivity index (χ2v) is 7.50. The molecule has 3 aromatic rings. The van der Waals surface area contributed by atoms with Gasteiger partial charge in [-0.1, -0.05) is 38.1 Å². The fourth-order valence-corrected chi connectivity index (χ4v) is 2.86. The maximum Gasteiger partial charge on any atom is 0.343 e. The van der Waals surface area contributed by atoms with E-state index in [1.54, 1.807) is 55.6 Å². The van der Waals surface area contributed by atoms with Gasteiger partial charge in [-0.2, -0.15) is 5.10 Å². The third-order valence-electron chi connectivity index (χ3n) is 4.71. The maximum absolute atomic E-state index is 12.3. The smallest absolute Gasteiger partial charge is 0.343 e. The number of hydrogen-bond donors (Lipinski definition) is 1. The summed E-state index contributed by atoms with van der Waals surface area (Å²) < 4.78 is 16.0. The molecule has 3 rings (SSSR count). The lowest BCUT2D eigenvalue weighted by Gasteiger charge is -2.08. The highest BCUT2D eigenvalue weighted by Gasteiger charge is 2.09. The van der Waals surface area contributed by atoms with Crippen molar-refractivity contribution in [1.82, 2.24) is 5.43 Å². The number of rotatable bonds is 9. The van der Waals surface area contributed by atoms with Gasteiger partial charge in [-0.3, -0.25) is 4.79 Å². The quantitative estimate of drug-likeness (QED) is 0.225. The molecular formula is C26H26N2O5. The Balaban J connectivity index is 1.49. The Morgan fingerprint density at radius 3 is 2.30 bits per heavy atom. The molecule has 1 N–H and O–H groups in total. The van der Waals surface area contributed by atoms with E-state index in [2.05, 4.69) is 24.4 Å². The lowest BCUT2D eigenvalue weighted by molar-refractivity contribution is -0.123. The van der Waals surface area contributed by atoms with E-state index in [1.165, 1.54) is 11.8 Å². The van der Waals surface area contributed by atoms with Crippen LogP contribution in [0.2, 0.25) is 0 Å². The Labute approximate surface area is 193 Å². The van der Waals surface area contributed by atoms with Gasteiger partial charge in [0.25, 0.3) is 5.91 Å². The van der Waals surface area contributed by atoms with E-state index >= 15 is 0 Å². The summed E-state index contributed by atoms with van der Waals surface area (Å²) in [7, 11) is 1.56. The third kappa shape index (κ3) is 7.21. The molecule has 0 aliphatic rings. The summed E-state index contributed by atoms with van der Waals surface area (Å²) in [6.45, 7) is 4.07. The molecular weight excluding hydrogens is 420 g/mol. The predicted molar refractivity (Wildman–Crippen MR) is 126 cm³/mol. The number of amides is 1. The highest BCUT2D eigenvalue weighted by molar-refractivity contribution is 5.91. The average Bonchev–Trinajstić information content (AvgIpc) is 2.83. The molecule has 0 aromatic heterocycles. The molecule has 1 amide bonds.